The first-order chi connectivity index (χ1) is 8.93. The standard InChI is InChI=1S/C12H16BrNO3S2/c1-2-6-14(9-5-7-19(16,17)8-9)12(15)10-3-4-11(13)18-10/h3-4,9H,2,5-8H2,1H3/t9-/m1/s1. The van der Waals surface area contributed by atoms with Crippen molar-refractivity contribution in [1.82, 2.24) is 4.90 Å². The quantitative estimate of drug-likeness (QED) is 0.823. The van der Waals surface area contributed by atoms with Crippen LogP contribution in [-0.2, 0) is 9.84 Å². The molecular weight excluding hydrogens is 350 g/mol. The summed E-state index contributed by atoms with van der Waals surface area (Å²) < 4.78 is 24.0. The van der Waals surface area contributed by atoms with Crippen molar-refractivity contribution in [1.29, 1.82) is 0 Å². The first-order valence-electron chi connectivity index (χ1n) is 6.19. The Morgan fingerprint density at radius 3 is 2.74 bits per heavy atom. The fourth-order valence-corrected chi connectivity index (χ4v) is 5.36. The Kier molecular flexibility index (Phi) is 4.68. The molecule has 0 unspecified atom stereocenters. The third-order valence-corrected chi connectivity index (χ3v) is 6.52. The molecule has 0 aromatic carbocycles. The maximum absolute atomic E-state index is 12.5. The third kappa shape index (κ3) is 3.58. The molecule has 4 nitrogen and oxygen atoms in total. The summed E-state index contributed by atoms with van der Waals surface area (Å²) >= 11 is 4.73. The van der Waals surface area contributed by atoms with E-state index < -0.39 is 9.84 Å². The number of hydrogen-bond donors (Lipinski definition) is 0. The van der Waals surface area contributed by atoms with Crippen LogP contribution in [0.4, 0.5) is 0 Å². The van der Waals surface area contributed by atoms with Gasteiger partial charge in [-0.3, -0.25) is 4.79 Å². The lowest BCUT2D eigenvalue weighted by molar-refractivity contribution is 0.0702. The van der Waals surface area contributed by atoms with E-state index in [9.17, 15) is 13.2 Å². The topological polar surface area (TPSA) is 54.5 Å². The van der Waals surface area contributed by atoms with E-state index in [0.29, 0.717) is 17.8 Å². The minimum atomic E-state index is -2.97. The van der Waals surface area contributed by atoms with Gasteiger partial charge in [0.25, 0.3) is 5.91 Å². The van der Waals surface area contributed by atoms with Crippen LogP contribution < -0.4 is 0 Å². The summed E-state index contributed by atoms with van der Waals surface area (Å²) in [5.74, 6) is 0.240. The fraction of sp³-hybridized carbons (Fsp3) is 0.583. The first-order valence-corrected chi connectivity index (χ1v) is 9.63. The van der Waals surface area contributed by atoms with Crippen LogP contribution in [0, 0.1) is 0 Å². The molecule has 2 rings (SSSR count). The van der Waals surface area contributed by atoms with Gasteiger partial charge >= 0.3 is 0 Å². The Hall–Kier alpha value is -0.400. The zero-order valence-electron chi connectivity index (χ0n) is 10.6. The molecule has 1 atom stereocenters. The van der Waals surface area contributed by atoms with Crippen LogP contribution in [0.5, 0.6) is 0 Å². The molecule has 0 bridgehead atoms. The van der Waals surface area contributed by atoms with Crippen molar-refractivity contribution in [2.45, 2.75) is 25.8 Å². The molecule has 0 saturated carbocycles. The maximum Gasteiger partial charge on any atom is 0.264 e. The van der Waals surface area contributed by atoms with E-state index in [2.05, 4.69) is 15.9 Å². The van der Waals surface area contributed by atoms with E-state index in [1.165, 1.54) is 11.3 Å². The normalized spacial score (nSPS) is 21.5. The number of thiophene rings is 1. The summed E-state index contributed by atoms with van der Waals surface area (Å²) in [6.07, 6.45) is 1.38. The van der Waals surface area contributed by atoms with Gasteiger partial charge in [-0.2, -0.15) is 0 Å². The Labute approximate surface area is 125 Å². The summed E-state index contributed by atoms with van der Waals surface area (Å²) in [6, 6.07) is 3.45. The highest BCUT2D eigenvalue weighted by Crippen LogP contribution is 2.26. The highest BCUT2D eigenvalue weighted by Gasteiger charge is 2.34. The zero-order valence-corrected chi connectivity index (χ0v) is 13.9. The van der Waals surface area contributed by atoms with Crippen LogP contribution in [0.25, 0.3) is 0 Å². The minimum Gasteiger partial charge on any atom is -0.334 e. The second-order valence-electron chi connectivity index (χ2n) is 4.66. The minimum absolute atomic E-state index is 0.0559. The van der Waals surface area contributed by atoms with Gasteiger partial charge in [-0.15, -0.1) is 11.3 Å². The van der Waals surface area contributed by atoms with Gasteiger partial charge in [0, 0.05) is 12.6 Å². The van der Waals surface area contributed by atoms with E-state index in [1.807, 2.05) is 13.0 Å². The number of rotatable bonds is 4. The van der Waals surface area contributed by atoms with Crippen LogP contribution in [0.2, 0.25) is 0 Å². The van der Waals surface area contributed by atoms with Crippen molar-refractivity contribution < 1.29 is 13.2 Å². The van der Waals surface area contributed by atoms with E-state index in [1.54, 1.807) is 11.0 Å². The van der Waals surface area contributed by atoms with E-state index in [-0.39, 0.29) is 23.5 Å². The van der Waals surface area contributed by atoms with Crippen molar-refractivity contribution in [3.05, 3.63) is 20.8 Å². The lowest BCUT2D eigenvalue weighted by Gasteiger charge is -2.27. The van der Waals surface area contributed by atoms with Crippen molar-refractivity contribution in [2.24, 2.45) is 0 Å². The molecule has 1 amide bonds. The number of carbonyl (C=O) groups is 1. The Bertz CT molecular complexity index is 567. The molecule has 1 fully saturated rings. The molecule has 106 valence electrons. The molecule has 0 N–H and O–H groups in total. The van der Waals surface area contributed by atoms with Crippen molar-refractivity contribution >= 4 is 43.0 Å². The number of sulfone groups is 1. The second-order valence-corrected chi connectivity index (χ2v) is 9.35. The molecule has 1 aliphatic rings. The van der Waals surface area contributed by atoms with Crippen LogP contribution in [0.1, 0.15) is 29.4 Å². The predicted octanol–water partition coefficient (Wildman–Crippen LogP) is 2.55. The Morgan fingerprint density at radius 2 is 2.26 bits per heavy atom. The zero-order chi connectivity index (χ0) is 14.0. The van der Waals surface area contributed by atoms with Gasteiger partial charge in [0.05, 0.1) is 20.2 Å². The number of nitrogens with zero attached hydrogens (tertiary/aromatic N) is 1. The summed E-state index contributed by atoms with van der Waals surface area (Å²) in [5.41, 5.74) is 0. The Balaban J connectivity index is 2.18. The van der Waals surface area contributed by atoms with Crippen LogP contribution in [-0.4, -0.2) is 43.3 Å². The van der Waals surface area contributed by atoms with Gasteiger partial charge in [0.1, 0.15) is 0 Å². The van der Waals surface area contributed by atoms with E-state index in [4.69, 9.17) is 0 Å². The summed E-state index contributed by atoms with van der Waals surface area (Å²) in [4.78, 5) is 14.8. The van der Waals surface area contributed by atoms with Crippen LogP contribution >= 0.6 is 27.3 Å². The summed E-state index contributed by atoms with van der Waals surface area (Å²) in [5, 5.41) is 0. The highest BCUT2D eigenvalue weighted by molar-refractivity contribution is 9.11. The largest absolute Gasteiger partial charge is 0.334 e. The molecule has 0 radical (unpaired) electrons. The number of carbonyl (C=O) groups excluding carboxylic acids is 1. The summed E-state index contributed by atoms with van der Waals surface area (Å²) in [6.45, 7) is 2.60. The average molecular weight is 366 g/mol. The van der Waals surface area contributed by atoms with Gasteiger partial charge in [0.2, 0.25) is 0 Å². The molecule has 1 aromatic heterocycles. The molecular formula is C12H16BrNO3S2. The Morgan fingerprint density at radius 1 is 1.53 bits per heavy atom. The molecule has 2 heterocycles. The van der Waals surface area contributed by atoms with Gasteiger partial charge in [0.15, 0.2) is 9.84 Å². The summed E-state index contributed by atoms with van der Waals surface area (Å²) in [7, 11) is -2.97. The van der Waals surface area contributed by atoms with Gasteiger partial charge < -0.3 is 4.90 Å². The SMILES string of the molecule is CCCN(C(=O)c1ccc(Br)s1)[C@@H]1CCS(=O)(=O)C1. The number of hydrogen-bond acceptors (Lipinski definition) is 4. The molecule has 7 heteroatoms. The molecule has 19 heavy (non-hydrogen) atoms. The molecule has 1 aliphatic heterocycles. The molecule has 0 aliphatic carbocycles. The van der Waals surface area contributed by atoms with Gasteiger partial charge in [-0.1, -0.05) is 6.92 Å². The van der Waals surface area contributed by atoms with E-state index in [0.717, 1.165) is 10.2 Å². The fourth-order valence-electron chi connectivity index (χ4n) is 2.28. The van der Waals surface area contributed by atoms with Crippen molar-refractivity contribution in [3.8, 4) is 0 Å². The predicted molar refractivity (Wildman–Crippen MR) is 80.4 cm³/mol. The van der Waals surface area contributed by atoms with Crippen molar-refractivity contribution in [3.63, 3.8) is 0 Å². The smallest absolute Gasteiger partial charge is 0.264 e. The second kappa shape index (κ2) is 5.93. The lowest BCUT2D eigenvalue weighted by atomic mass is 10.2. The number of halogens is 1. The van der Waals surface area contributed by atoms with Crippen LogP contribution in [0.3, 0.4) is 0 Å². The lowest BCUT2D eigenvalue weighted by Crippen LogP contribution is -2.41. The molecule has 1 saturated heterocycles. The van der Waals surface area contributed by atoms with Crippen LogP contribution in [0.15, 0.2) is 15.9 Å². The first kappa shape index (κ1) is 15.0. The van der Waals surface area contributed by atoms with Gasteiger partial charge in [-0.25, -0.2) is 8.42 Å². The van der Waals surface area contributed by atoms with Crippen molar-refractivity contribution in [2.75, 3.05) is 18.1 Å². The molecule has 1 aromatic rings. The number of amides is 1. The highest BCUT2D eigenvalue weighted by atomic mass is 79.9. The molecule has 0 spiro atoms. The third-order valence-electron chi connectivity index (χ3n) is 3.16. The average Bonchev–Trinajstić information content (AvgIpc) is 2.91. The van der Waals surface area contributed by atoms with Gasteiger partial charge in [-0.05, 0) is 40.9 Å². The maximum atomic E-state index is 12.5. The van der Waals surface area contributed by atoms with E-state index >= 15 is 0 Å². The monoisotopic (exact) mass is 365 g/mol.